The van der Waals surface area contributed by atoms with Gasteiger partial charge in [0.25, 0.3) is 0 Å². The lowest BCUT2D eigenvalue weighted by Gasteiger charge is -2.33. The van der Waals surface area contributed by atoms with E-state index in [4.69, 9.17) is 21.6 Å². The highest BCUT2D eigenvalue weighted by Crippen LogP contribution is 2.38. The molecule has 26 heavy (non-hydrogen) atoms. The summed E-state index contributed by atoms with van der Waals surface area (Å²) in [6.45, 7) is 2.40. The zero-order valence-corrected chi connectivity index (χ0v) is 15.2. The lowest BCUT2D eigenvalue weighted by molar-refractivity contribution is 0.214. The van der Waals surface area contributed by atoms with Gasteiger partial charge in [0.2, 0.25) is 5.88 Å². The van der Waals surface area contributed by atoms with Crippen LogP contribution in [0.15, 0.2) is 24.4 Å². The molecular formula is C19H20ClN5O. The van der Waals surface area contributed by atoms with Crippen molar-refractivity contribution in [3.63, 3.8) is 0 Å². The van der Waals surface area contributed by atoms with Gasteiger partial charge in [0.05, 0.1) is 22.9 Å². The SMILES string of the molecule is N#Cc1cnc(N2CCC(COc3ccc(C4CC4)nn3)CC2)c(Cl)c1. The summed E-state index contributed by atoms with van der Waals surface area (Å²) in [5.41, 5.74) is 1.56. The third kappa shape index (κ3) is 3.88. The van der Waals surface area contributed by atoms with Crippen molar-refractivity contribution in [3.8, 4) is 11.9 Å². The van der Waals surface area contributed by atoms with Gasteiger partial charge in [-0.2, -0.15) is 10.4 Å². The summed E-state index contributed by atoms with van der Waals surface area (Å²) in [7, 11) is 0. The van der Waals surface area contributed by atoms with Crippen LogP contribution in [0, 0.1) is 17.2 Å². The highest BCUT2D eigenvalue weighted by Gasteiger charge is 2.25. The number of anilines is 1. The number of nitriles is 1. The number of hydrogen-bond donors (Lipinski definition) is 0. The van der Waals surface area contributed by atoms with Crippen LogP contribution < -0.4 is 9.64 Å². The molecule has 0 aromatic carbocycles. The second-order valence-corrected chi connectivity index (χ2v) is 7.36. The highest BCUT2D eigenvalue weighted by atomic mass is 35.5. The molecule has 0 spiro atoms. The lowest BCUT2D eigenvalue weighted by Crippen LogP contribution is -2.36. The van der Waals surface area contributed by atoms with E-state index >= 15 is 0 Å². The Morgan fingerprint density at radius 3 is 2.62 bits per heavy atom. The number of hydrogen-bond acceptors (Lipinski definition) is 6. The number of piperidine rings is 1. The zero-order chi connectivity index (χ0) is 17.9. The minimum Gasteiger partial charge on any atom is -0.476 e. The van der Waals surface area contributed by atoms with E-state index in [1.165, 1.54) is 12.8 Å². The van der Waals surface area contributed by atoms with Crippen LogP contribution in [0.4, 0.5) is 5.82 Å². The number of pyridine rings is 1. The first-order valence-electron chi connectivity index (χ1n) is 9.00. The summed E-state index contributed by atoms with van der Waals surface area (Å²) in [5.74, 6) is 2.46. The Labute approximate surface area is 157 Å². The molecule has 0 bridgehead atoms. The minimum atomic E-state index is 0.480. The molecule has 6 nitrogen and oxygen atoms in total. The van der Waals surface area contributed by atoms with E-state index in [1.54, 1.807) is 12.3 Å². The molecule has 1 aliphatic carbocycles. The summed E-state index contributed by atoms with van der Waals surface area (Å²) < 4.78 is 5.83. The molecule has 4 rings (SSSR count). The predicted molar refractivity (Wildman–Crippen MR) is 98.4 cm³/mol. The molecular weight excluding hydrogens is 350 g/mol. The van der Waals surface area contributed by atoms with Crippen molar-refractivity contribution in [2.45, 2.75) is 31.6 Å². The summed E-state index contributed by atoms with van der Waals surface area (Å²) in [6.07, 6.45) is 6.04. The molecule has 2 aliphatic rings. The van der Waals surface area contributed by atoms with E-state index in [-0.39, 0.29) is 0 Å². The highest BCUT2D eigenvalue weighted by molar-refractivity contribution is 6.33. The first-order chi connectivity index (χ1) is 12.7. The van der Waals surface area contributed by atoms with E-state index in [2.05, 4.69) is 26.2 Å². The zero-order valence-electron chi connectivity index (χ0n) is 14.4. The first kappa shape index (κ1) is 17.0. The molecule has 7 heteroatoms. The van der Waals surface area contributed by atoms with Crippen molar-refractivity contribution in [1.29, 1.82) is 5.26 Å². The van der Waals surface area contributed by atoms with Crippen molar-refractivity contribution < 1.29 is 4.74 Å². The Morgan fingerprint density at radius 1 is 1.19 bits per heavy atom. The third-order valence-electron chi connectivity index (χ3n) is 4.99. The third-order valence-corrected chi connectivity index (χ3v) is 5.27. The fraction of sp³-hybridized carbons (Fsp3) is 0.474. The van der Waals surface area contributed by atoms with Crippen molar-refractivity contribution in [2.24, 2.45) is 5.92 Å². The molecule has 0 amide bonds. The summed E-state index contributed by atoms with van der Waals surface area (Å²) in [5, 5.41) is 17.9. The van der Waals surface area contributed by atoms with Crippen LogP contribution in [0.3, 0.4) is 0 Å². The lowest BCUT2D eigenvalue weighted by atomic mass is 9.98. The Bertz CT molecular complexity index is 808. The normalized spacial score (nSPS) is 17.8. The van der Waals surface area contributed by atoms with Gasteiger partial charge in [-0.3, -0.25) is 0 Å². The van der Waals surface area contributed by atoms with Crippen LogP contribution >= 0.6 is 11.6 Å². The van der Waals surface area contributed by atoms with Gasteiger partial charge in [-0.25, -0.2) is 4.98 Å². The van der Waals surface area contributed by atoms with Crippen LogP contribution in [-0.4, -0.2) is 34.9 Å². The number of ether oxygens (including phenoxy) is 1. The van der Waals surface area contributed by atoms with Crippen molar-refractivity contribution >= 4 is 17.4 Å². The van der Waals surface area contributed by atoms with E-state index in [0.717, 1.165) is 37.4 Å². The second-order valence-electron chi connectivity index (χ2n) is 6.95. The van der Waals surface area contributed by atoms with Gasteiger partial charge in [-0.1, -0.05) is 11.6 Å². The van der Waals surface area contributed by atoms with Crippen molar-refractivity contribution in [3.05, 3.63) is 40.7 Å². The van der Waals surface area contributed by atoms with Crippen LogP contribution in [0.5, 0.6) is 5.88 Å². The van der Waals surface area contributed by atoms with Crippen molar-refractivity contribution in [1.82, 2.24) is 15.2 Å². The molecule has 1 aliphatic heterocycles. The number of rotatable bonds is 5. The monoisotopic (exact) mass is 369 g/mol. The molecule has 0 atom stereocenters. The van der Waals surface area contributed by atoms with Gasteiger partial charge >= 0.3 is 0 Å². The van der Waals surface area contributed by atoms with Crippen LogP contribution in [0.2, 0.25) is 5.02 Å². The number of nitrogens with zero attached hydrogens (tertiary/aromatic N) is 5. The van der Waals surface area contributed by atoms with E-state index in [9.17, 15) is 0 Å². The smallest absolute Gasteiger partial charge is 0.233 e. The maximum Gasteiger partial charge on any atom is 0.233 e. The molecule has 0 N–H and O–H groups in total. The van der Waals surface area contributed by atoms with E-state index in [1.807, 2.05) is 12.1 Å². The van der Waals surface area contributed by atoms with E-state index in [0.29, 0.717) is 34.9 Å². The predicted octanol–water partition coefficient (Wildman–Crippen LogP) is 3.57. The molecule has 0 radical (unpaired) electrons. The molecule has 0 unspecified atom stereocenters. The van der Waals surface area contributed by atoms with Crippen LogP contribution in [0.25, 0.3) is 0 Å². The fourth-order valence-electron chi connectivity index (χ4n) is 3.24. The standard InChI is InChI=1S/C19H20ClN5O/c20-16-9-14(10-21)11-22-19(16)25-7-5-13(6-8-25)12-26-18-4-3-17(23-24-18)15-1-2-15/h3-4,9,11,13,15H,1-2,5-8,12H2. The Morgan fingerprint density at radius 2 is 2.00 bits per heavy atom. The summed E-state index contributed by atoms with van der Waals surface area (Å²) >= 11 is 6.26. The van der Waals surface area contributed by atoms with Crippen molar-refractivity contribution in [2.75, 3.05) is 24.6 Å². The van der Waals surface area contributed by atoms with Gasteiger partial charge in [0, 0.05) is 31.3 Å². The first-order valence-corrected chi connectivity index (χ1v) is 9.38. The molecule has 3 heterocycles. The largest absolute Gasteiger partial charge is 0.476 e. The summed E-state index contributed by atoms with van der Waals surface area (Å²) in [6, 6.07) is 7.68. The maximum atomic E-state index is 8.91. The number of aromatic nitrogens is 3. The molecule has 2 fully saturated rings. The van der Waals surface area contributed by atoms with Gasteiger partial charge in [-0.15, -0.1) is 5.10 Å². The topological polar surface area (TPSA) is 74.9 Å². The van der Waals surface area contributed by atoms with E-state index < -0.39 is 0 Å². The Kier molecular flexibility index (Phi) is 4.89. The molecule has 2 aromatic rings. The maximum absolute atomic E-state index is 8.91. The molecule has 2 aromatic heterocycles. The van der Waals surface area contributed by atoms with Gasteiger partial charge in [0.15, 0.2) is 0 Å². The second kappa shape index (κ2) is 7.46. The average Bonchev–Trinajstić information content (AvgIpc) is 3.52. The quantitative estimate of drug-likeness (QED) is 0.802. The molecule has 1 saturated carbocycles. The van der Waals surface area contributed by atoms with Gasteiger partial charge < -0.3 is 9.64 Å². The number of halogens is 1. The Balaban J connectivity index is 1.27. The van der Waals surface area contributed by atoms with Gasteiger partial charge in [-0.05, 0) is 43.7 Å². The fourth-order valence-corrected chi connectivity index (χ4v) is 3.53. The van der Waals surface area contributed by atoms with Gasteiger partial charge in [0.1, 0.15) is 11.9 Å². The van der Waals surface area contributed by atoms with Crippen LogP contribution in [-0.2, 0) is 0 Å². The molecule has 1 saturated heterocycles. The minimum absolute atomic E-state index is 0.480. The molecule has 134 valence electrons. The summed E-state index contributed by atoms with van der Waals surface area (Å²) in [4.78, 5) is 6.51. The average molecular weight is 370 g/mol. The Hall–Kier alpha value is -2.39. The van der Waals surface area contributed by atoms with Crippen LogP contribution in [0.1, 0.15) is 42.9 Å².